The molecule has 0 saturated heterocycles. The Morgan fingerprint density at radius 2 is 2.27 bits per heavy atom. The molecule has 0 aromatic heterocycles. The second-order valence-electron chi connectivity index (χ2n) is 2.14. The summed E-state index contributed by atoms with van der Waals surface area (Å²) in [6, 6.07) is 6.09. The average molecular weight is 227 g/mol. The van der Waals surface area contributed by atoms with Crippen LogP contribution in [0.25, 0.3) is 0 Å². The molecule has 0 spiro atoms. The highest BCUT2D eigenvalue weighted by Crippen LogP contribution is 2.28. The van der Waals surface area contributed by atoms with E-state index >= 15 is 0 Å². The van der Waals surface area contributed by atoms with E-state index in [4.69, 9.17) is 7.85 Å². The van der Waals surface area contributed by atoms with Gasteiger partial charge in [0.25, 0.3) is 0 Å². The van der Waals surface area contributed by atoms with Crippen molar-refractivity contribution < 1.29 is 0 Å². The van der Waals surface area contributed by atoms with Crippen LogP contribution >= 0.6 is 27.7 Å². The number of rotatable bonds is 2. The quantitative estimate of drug-likeness (QED) is 0.552. The van der Waals surface area contributed by atoms with Crippen LogP contribution in [0.5, 0.6) is 0 Å². The van der Waals surface area contributed by atoms with E-state index in [2.05, 4.69) is 28.3 Å². The minimum atomic E-state index is 0.607. The fraction of sp³-hybridized carbons (Fsp3) is 0.250. The van der Waals surface area contributed by atoms with Crippen molar-refractivity contribution in [3.63, 3.8) is 0 Å². The minimum absolute atomic E-state index is 0.607. The number of hydrogen-bond acceptors (Lipinski definition) is 1. The maximum atomic E-state index is 5.56. The van der Waals surface area contributed by atoms with Crippen LogP contribution in [0.3, 0.4) is 0 Å². The molecule has 56 valence electrons. The molecule has 0 saturated carbocycles. The van der Waals surface area contributed by atoms with E-state index in [9.17, 15) is 0 Å². The molecule has 0 aliphatic carbocycles. The predicted octanol–water partition coefficient (Wildman–Crippen LogP) is 2.84. The molecule has 0 fully saturated rings. The van der Waals surface area contributed by atoms with E-state index < -0.39 is 0 Å². The maximum Gasteiger partial charge on any atom is 0.0717 e. The van der Waals surface area contributed by atoms with Crippen LogP contribution < -0.4 is 0 Å². The molecular formula is C8H8BBrS. The Morgan fingerprint density at radius 1 is 1.55 bits per heavy atom. The second-order valence-corrected chi connectivity index (χ2v) is 3.81. The summed E-state index contributed by atoms with van der Waals surface area (Å²) in [5.41, 5.74) is 1.20. The van der Waals surface area contributed by atoms with Gasteiger partial charge in [-0.1, -0.05) is 18.5 Å². The molecule has 11 heavy (non-hydrogen) atoms. The van der Waals surface area contributed by atoms with Crippen LogP contribution in [0.1, 0.15) is 5.56 Å². The van der Waals surface area contributed by atoms with Crippen LogP contribution in [0.15, 0.2) is 27.6 Å². The summed E-state index contributed by atoms with van der Waals surface area (Å²) in [4.78, 5) is 1.25. The van der Waals surface area contributed by atoms with Crippen LogP contribution in [0.4, 0.5) is 0 Å². The largest absolute Gasteiger partial charge is 0.128 e. The number of benzene rings is 1. The Kier molecular flexibility index (Phi) is 3.53. The SMILES string of the molecule is [B]Cc1cccc(Br)c1SC. The number of halogens is 1. The molecule has 0 aliphatic rings. The summed E-state index contributed by atoms with van der Waals surface area (Å²) >= 11 is 5.19. The van der Waals surface area contributed by atoms with Crippen molar-refractivity contribution in [2.75, 3.05) is 6.26 Å². The maximum absolute atomic E-state index is 5.56. The van der Waals surface area contributed by atoms with Gasteiger partial charge in [-0.2, -0.15) is 0 Å². The molecule has 2 radical (unpaired) electrons. The normalized spacial score (nSPS) is 10.0. The van der Waals surface area contributed by atoms with Crippen LogP contribution in [-0.4, -0.2) is 14.1 Å². The fourth-order valence-electron chi connectivity index (χ4n) is 0.943. The zero-order chi connectivity index (χ0) is 8.27. The first kappa shape index (κ1) is 9.20. The lowest BCUT2D eigenvalue weighted by atomic mass is 9.97. The van der Waals surface area contributed by atoms with Gasteiger partial charge in [0.15, 0.2) is 0 Å². The Balaban J connectivity index is 3.13. The van der Waals surface area contributed by atoms with Crippen molar-refractivity contribution in [3.05, 3.63) is 28.2 Å². The second kappa shape index (κ2) is 4.22. The third kappa shape index (κ3) is 2.03. The Bertz CT molecular complexity index is 250. The van der Waals surface area contributed by atoms with Gasteiger partial charge in [0.1, 0.15) is 0 Å². The van der Waals surface area contributed by atoms with E-state index in [1.54, 1.807) is 11.8 Å². The molecule has 0 bridgehead atoms. The summed E-state index contributed by atoms with van der Waals surface area (Å²) in [6.07, 6.45) is 2.66. The monoisotopic (exact) mass is 226 g/mol. The van der Waals surface area contributed by atoms with Gasteiger partial charge in [-0.05, 0) is 33.8 Å². The standard InChI is InChI=1S/C8H8BBrS/c1-11-8-6(5-9)3-2-4-7(8)10/h2-4H,5H2,1H3. The Hall–Kier alpha value is 0.115. The Morgan fingerprint density at radius 3 is 2.73 bits per heavy atom. The molecule has 0 heterocycles. The van der Waals surface area contributed by atoms with E-state index in [-0.39, 0.29) is 0 Å². The third-order valence-corrected chi connectivity index (χ3v) is 3.29. The molecule has 1 rings (SSSR count). The van der Waals surface area contributed by atoms with Gasteiger partial charge in [0, 0.05) is 9.37 Å². The topological polar surface area (TPSA) is 0 Å². The minimum Gasteiger partial charge on any atom is -0.128 e. The lowest BCUT2D eigenvalue weighted by molar-refractivity contribution is 1.24. The smallest absolute Gasteiger partial charge is 0.0717 e. The summed E-state index contributed by atoms with van der Waals surface area (Å²) in [6.45, 7) is 0. The predicted molar refractivity (Wildman–Crippen MR) is 55.4 cm³/mol. The average Bonchev–Trinajstić information content (AvgIpc) is 2.04. The molecular weight excluding hydrogens is 219 g/mol. The first-order valence-corrected chi connectivity index (χ1v) is 5.32. The third-order valence-electron chi connectivity index (χ3n) is 1.47. The van der Waals surface area contributed by atoms with Gasteiger partial charge in [0.05, 0.1) is 7.85 Å². The molecule has 3 heteroatoms. The molecule has 0 unspecified atom stereocenters. The van der Waals surface area contributed by atoms with Gasteiger partial charge in [-0.15, -0.1) is 11.8 Å². The number of hydrogen-bond donors (Lipinski definition) is 0. The Labute approximate surface area is 81.3 Å². The molecule has 0 amide bonds. The molecule has 0 aliphatic heterocycles. The zero-order valence-corrected chi connectivity index (χ0v) is 8.71. The lowest BCUT2D eigenvalue weighted by Gasteiger charge is -2.06. The summed E-state index contributed by atoms with van der Waals surface area (Å²) in [7, 11) is 5.56. The fourth-order valence-corrected chi connectivity index (χ4v) is 2.51. The highest BCUT2D eigenvalue weighted by molar-refractivity contribution is 9.10. The van der Waals surface area contributed by atoms with E-state index in [1.165, 1.54) is 10.5 Å². The highest BCUT2D eigenvalue weighted by atomic mass is 79.9. The van der Waals surface area contributed by atoms with Crippen molar-refractivity contribution in [3.8, 4) is 0 Å². The number of thioether (sulfide) groups is 1. The van der Waals surface area contributed by atoms with Gasteiger partial charge in [-0.25, -0.2) is 0 Å². The van der Waals surface area contributed by atoms with Gasteiger partial charge in [0.2, 0.25) is 0 Å². The van der Waals surface area contributed by atoms with Gasteiger partial charge < -0.3 is 0 Å². The van der Waals surface area contributed by atoms with E-state index in [0.717, 1.165) is 4.47 Å². The summed E-state index contributed by atoms with van der Waals surface area (Å²) in [5.74, 6) is 0. The molecule has 0 nitrogen and oxygen atoms in total. The van der Waals surface area contributed by atoms with Crippen LogP contribution in [-0.2, 0) is 6.32 Å². The van der Waals surface area contributed by atoms with Crippen molar-refractivity contribution in [2.45, 2.75) is 11.2 Å². The van der Waals surface area contributed by atoms with Crippen molar-refractivity contribution in [2.24, 2.45) is 0 Å². The van der Waals surface area contributed by atoms with Crippen molar-refractivity contribution >= 4 is 35.5 Å². The lowest BCUT2D eigenvalue weighted by Crippen LogP contribution is -1.87. The molecule has 1 aromatic rings. The molecule has 0 N–H and O–H groups in total. The first-order valence-electron chi connectivity index (χ1n) is 3.31. The highest BCUT2D eigenvalue weighted by Gasteiger charge is 2.01. The molecule has 0 atom stereocenters. The van der Waals surface area contributed by atoms with Gasteiger partial charge in [-0.3, -0.25) is 0 Å². The van der Waals surface area contributed by atoms with E-state index in [0.29, 0.717) is 6.32 Å². The van der Waals surface area contributed by atoms with E-state index in [1.807, 2.05) is 12.1 Å². The summed E-state index contributed by atoms with van der Waals surface area (Å²) in [5, 5.41) is 0. The first-order chi connectivity index (χ1) is 5.29. The molecule has 1 aromatic carbocycles. The van der Waals surface area contributed by atoms with Crippen molar-refractivity contribution in [1.29, 1.82) is 0 Å². The summed E-state index contributed by atoms with van der Waals surface area (Å²) < 4.78 is 1.13. The van der Waals surface area contributed by atoms with Crippen LogP contribution in [0.2, 0.25) is 0 Å². The van der Waals surface area contributed by atoms with Crippen molar-refractivity contribution in [1.82, 2.24) is 0 Å². The van der Waals surface area contributed by atoms with Crippen LogP contribution in [0, 0.1) is 0 Å². The zero-order valence-electron chi connectivity index (χ0n) is 6.30. The van der Waals surface area contributed by atoms with Gasteiger partial charge >= 0.3 is 0 Å².